The number of likely N-dealkylation sites (tertiary alicyclic amines) is 1. The number of amides is 3. The van der Waals surface area contributed by atoms with Crippen LogP contribution in [0.4, 0.5) is 22.1 Å². The number of anilines is 3. The molecule has 12 heteroatoms. The number of β-amino-alcohol motifs (C(OH)–C–C–N with tert-alkyl or cyclic N) is 1. The highest BCUT2D eigenvalue weighted by Crippen LogP contribution is 2.26. The minimum absolute atomic E-state index is 0.130. The van der Waals surface area contributed by atoms with Crippen molar-refractivity contribution in [2.75, 3.05) is 36.9 Å². The van der Waals surface area contributed by atoms with Crippen LogP contribution >= 0.6 is 11.6 Å². The molecule has 0 unspecified atom stereocenters. The van der Waals surface area contributed by atoms with Crippen LogP contribution in [-0.4, -0.2) is 68.8 Å². The first kappa shape index (κ1) is 23.1. The minimum Gasteiger partial charge on any atom is -0.395 e. The van der Waals surface area contributed by atoms with E-state index in [1.54, 1.807) is 28.9 Å². The fourth-order valence-corrected chi connectivity index (χ4v) is 4.44. The van der Waals surface area contributed by atoms with Crippen LogP contribution in [0.3, 0.4) is 0 Å². The number of aromatic nitrogens is 3. The van der Waals surface area contributed by atoms with Gasteiger partial charge in [-0.2, -0.15) is 9.61 Å². The van der Waals surface area contributed by atoms with Crippen molar-refractivity contribution in [2.24, 2.45) is 0 Å². The van der Waals surface area contributed by atoms with Crippen LogP contribution in [0.2, 0.25) is 5.02 Å². The SMILES string of the molecule is O=C1NC(=O)C(=Cc2cnn3c(NC4CCN(CCO)CC4)cc(Nc4cccc(Cl)c4)nc23)N1. The molecule has 2 aliphatic heterocycles. The van der Waals surface area contributed by atoms with E-state index in [1.165, 1.54) is 0 Å². The van der Waals surface area contributed by atoms with E-state index in [-0.39, 0.29) is 18.3 Å². The second kappa shape index (κ2) is 9.90. The number of hydrogen-bond acceptors (Lipinski definition) is 8. The van der Waals surface area contributed by atoms with Gasteiger partial charge in [-0.1, -0.05) is 17.7 Å². The zero-order chi connectivity index (χ0) is 24.4. The Labute approximate surface area is 206 Å². The Morgan fingerprint density at radius 3 is 2.74 bits per heavy atom. The van der Waals surface area contributed by atoms with Crippen LogP contribution in [0.15, 0.2) is 42.2 Å². The number of fused-ring (bicyclic) bond motifs is 1. The van der Waals surface area contributed by atoms with Gasteiger partial charge >= 0.3 is 6.03 Å². The summed E-state index contributed by atoms with van der Waals surface area (Å²) in [7, 11) is 0. The molecular weight excluding hydrogens is 472 g/mol. The molecule has 0 spiro atoms. The van der Waals surface area contributed by atoms with Crippen molar-refractivity contribution in [1.82, 2.24) is 30.1 Å². The van der Waals surface area contributed by atoms with Gasteiger partial charge < -0.3 is 26.0 Å². The number of aliphatic hydroxyl groups is 1. The van der Waals surface area contributed by atoms with Crippen LogP contribution in [0, 0.1) is 0 Å². The molecule has 4 heterocycles. The van der Waals surface area contributed by atoms with Gasteiger partial charge in [0.25, 0.3) is 5.91 Å². The van der Waals surface area contributed by atoms with E-state index in [2.05, 4.69) is 31.3 Å². The fourth-order valence-electron chi connectivity index (χ4n) is 4.25. The lowest BCUT2D eigenvalue weighted by Crippen LogP contribution is -2.40. The normalized spacial score (nSPS) is 18.2. The summed E-state index contributed by atoms with van der Waals surface area (Å²) in [6.45, 7) is 2.63. The van der Waals surface area contributed by atoms with Gasteiger partial charge in [-0.3, -0.25) is 10.1 Å². The van der Waals surface area contributed by atoms with Crippen molar-refractivity contribution >= 4 is 52.6 Å². The van der Waals surface area contributed by atoms with Gasteiger partial charge in [0.2, 0.25) is 0 Å². The number of benzene rings is 1. The smallest absolute Gasteiger partial charge is 0.326 e. The summed E-state index contributed by atoms with van der Waals surface area (Å²) in [4.78, 5) is 30.5. The van der Waals surface area contributed by atoms with Gasteiger partial charge in [0.15, 0.2) is 5.65 Å². The van der Waals surface area contributed by atoms with E-state index >= 15 is 0 Å². The third-order valence-electron chi connectivity index (χ3n) is 5.97. The molecule has 0 atom stereocenters. The maximum absolute atomic E-state index is 12.0. The lowest BCUT2D eigenvalue weighted by molar-refractivity contribution is -0.115. The molecule has 3 amide bonds. The predicted octanol–water partition coefficient (Wildman–Crippen LogP) is 2.18. The number of aliphatic hydroxyl groups excluding tert-OH is 1. The first-order valence-corrected chi connectivity index (χ1v) is 11.7. The van der Waals surface area contributed by atoms with E-state index in [0.29, 0.717) is 28.6 Å². The Bertz CT molecular complexity index is 1300. The monoisotopic (exact) mass is 496 g/mol. The van der Waals surface area contributed by atoms with Gasteiger partial charge in [0, 0.05) is 48.0 Å². The maximum Gasteiger partial charge on any atom is 0.326 e. The molecule has 35 heavy (non-hydrogen) atoms. The van der Waals surface area contributed by atoms with Gasteiger partial charge in [0.1, 0.15) is 17.3 Å². The summed E-state index contributed by atoms with van der Waals surface area (Å²) >= 11 is 6.14. The second-order valence-electron chi connectivity index (χ2n) is 8.45. The molecule has 0 radical (unpaired) electrons. The van der Waals surface area contributed by atoms with E-state index in [9.17, 15) is 14.7 Å². The largest absolute Gasteiger partial charge is 0.395 e. The summed E-state index contributed by atoms with van der Waals surface area (Å²) in [5.41, 5.74) is 2.00. The van der Waals surface area contributed by atoms with Gasteiger partial charge in [-0.15, -0.1) is 0 Å². The zero-order valence-corrected chi connectivity index (χ0v) is 19.5. The van der Waals surface area contributed by atoms with Crippen LogP contribution in [0.1, 0.15) is 18.4 Å². The number of nitrogens with zero attached hydrogens (tertiary/aromatic N) is 4. The predicted molar refractivity (Wildman–Crippen MR) is 133 cm³/mol. The molecule has 0 aliphatic carbocycles. The summed E-state index contributed by atoms with van der Waals surface area (Å²) in [6.07, 6.45) is 5.00. The van der Waals surface area contributed by atoms with Gasteiger partial charge in [0.05, 0.1) is 12.8 Å². The number of halogens is 1. The van der Waals surface area contributed by atoms with E-state index < -0.39 is 11.9 Å². The van der Waals surface area contributed by atoms with E-state index in [4.69, 9.17) is 16.6 Å². The highest BCUT2D eigenvalue weighted by atomic mass is 35.5. The Balaban J connectivity index is 1.48. The topological polar surface area (TPSA) is 136 Å². The Morgan fingerprint density at radius 2 is 2.03 bits per heavy atom. The average Bonchev–Trinajstić information content (AvgIpc) is 3.37. The summed E-state index contributed by atoms with van der Waals surface area (Å²) < 4.78 is 1.68. The molecular formula is C23H25ClN8O3. The van der Waals surface area contributed by atoms with E-state index in [1.807, 2.05) is 18.2 Å². The lowest BCUT2D eigenvalue weighted by Gasteiger charge is -2.32. The zero-order valence-electron chi connectivity index (χ0n) is 18.8. The van der Waals surface area contributed by atoms with Crippen molar-refractivity contribution in [1.29, 1.82) is 0 Å². The third kappa shape index (κ3) is 5.21. The summed E-state index contributed by atoms with van der Waals surface area (Å²) in [6, 6.07) is 8.86. The molecule has 2 aliphatic rings. The average molecular weight is 497 g/mol. The van der Waals surface area contributed by atoms with Crippen molar-refractivity contribution in [3.8, 4) is 0 Å². The Morgan fingerprint density at radius 1 is 1.20 bits per heavy atom. The number of hydrogen-bond donors (Lipinski definition) is 5. The molecule has 0 bridgehead atoms. The summed E-state index contributed by atoms with van der Waals surface area (Å²) in [5.74, 6) is 0.806. The van der Waals surface area contributed by atoms with Crippen LogP contribution in [0.25, 0.3) is 11.7 Å². The number of nitrogens with one attached hydrogen (secondary N) is 4. The number of urea groups is 1. The number of imide groups is 1. The van der Waals surface area contributed by atoms with E-state index in [0.717, 1.165) is 37.4 Å². The van der Waals surface area contributed by atoms with Crippen molar-refractivity contribution < 1.29 is 14.7 Å². The molecule has 0 saturated carbocycles. The second-order valence-corrected chi connectivity index (χ2v) is 8.88. The molecule has 2 saturated heterocycles. The fraction of sp³-hybridized carbons (Fsp3) is 0.304. The molecule has 1 aromatic carbocycles. The molecule has 3 aromatic rings. The quantitative estimate of drug-likeness (QED) is 0.248. The Hall–Kier alpha value is -3.67. The van der Waals surface area contributed by atoms with Crippen LogP contribution in [0.5, 0.6) is 0 Å². The van der Waals surface area contributed by atoms with Crippen LogP contribution in [-0.2, 0) is 4.79 Å². The number of carbonyl (C=O) groups is 2. The van der Waals surface area contributed by atoms with Crippen molar-refractivity contribution in [2.45, 2.75) is 18.9 Å². The van der Waals surface area contributed by atoms with Crippen molar-refractivity contribution in [3.63, 3.8) is 0 Å². The third-order valence-corrected chi connectivity index (χ3v) is 6.21. The first-order chi connectivity index (χ1) is 17.0. The van der Waals surface area contributed by atoms with Gasteiger partial charge in [-0.25, -0.2) is 9.78 Å². The molecule has 2 aromatic heterocycles. The van der Waals surface area contributed by atoms with Crippen LogP contribution < -0.4 is 21.3 Å². The number of piperidine rings is 1. The lowest BCUT2D eigenvalue weighted by atomic mass is 10.1. The standard InChI is InChI=1S/C23H25ClN8O3/c24-15-2-1-3-17(11-15)26-19-12-20(27-16-4-6-31(7-5-16)8-9-33)32-21(29-19)14(13-25-32)10-18-22(34)30-23(35)28-18/h1-3,10-13,16,27,33H,4-9H2,(H,26,29)(H2,28,30,34,35). The maximum atomic E-state index is 12.0. The first-order valence-electron chi connectivity index (χ1n) is 11.3. The van der Waals surface area contributed by atoms with Crippen molar-refractivity contribution in [3.05, 3.63) is 52.8 Å². The summed E-state index contributed by atoms with van der Waals surface area (Å²) in [5, 5.41) is 25.8. The molecule has 5 rings (SSSR count). The minimum atomic E-state index is -0.566. The molecule has 182 valence electrons. The highest BCUT2D eigenvalue weighted by molar-refractivity contribution is 6.30. The number of carbonyl (C=O) groups excluding carboxylic acids is 2. The molecule has 11 nitrogen and oxygen atoms in total. The van der Waals surface area contributed by atoms with Gasteiger partial charge in [-0.05, 0) is 37.1 Å². The highest BCUT2D eigenvalue weighted by Gasteiger charge is 2.24. The molecule has 2 fully saturated rings. The Kier molecular flexibility index (Phi) is 6.53. The molecule has 5 N–H and O–H groups in total. The number of rotatable bonds is 7.